The highest BCUT2D eigenvalue weighted by Crippen LogP contribution is 2.64. The van der Waals surface area contributed by atoms with E-state index in [1.54, 1.807) is 12.1 Å². The van der Waals surface area contributed by atoms with E-state index in [-0.39, 0.29) is 34.3 Å². The molecule has 6 heterocycles. The SMILES string of the molecule is Nc1ncnc2c1ncn2C1O[C@@H]2CO[P+](=O)O[C@@H]3[C@@H](COP(=O)(SCc4ccc(C(=O)c5ccc(O)cc5)cc4)O[C@@H]1[C@@H]2F)OC(n1c(=O)cc[nH]c1=O)[C@@H]3F. The minimum atomic E-state index is -4.61. The fraction of sp³-hybridized carbons (Fsp3) is 0.333. The van der Waals surface area contributed by atoms with Gasteiger partial charge in [0.15, 0.2) is 48.2 Å². The summed E-state index contributed by atoms with van der Waals surface area (Å²) in [4.78, 5) is 52.7. The van der Waals surface area contributed by atoms with Crippen LogP contribution in [0, 0.1) is 0 Å². The summed E-state index contributed by atoms with van der Waals surface area (Å²) in [5.41, 5.74) is 5.48. The number of halogens is 2. The Kier molecular flexibility index (Phi) is 10.9. The van der Waals surface area contributed by atoms with Gasteiger partial charge in [0, 0.05) is 33.7 Å². The summed E-state index contributed by atoms with van der Waals surface area (Å²) in [7, 11) is -3.22. The van der Waals surface area contributed by atoms with E-state index in [1.807, 2.05) is 0 Å². The standard InChI is InChI=1S/C33H29F2N7O12P2S/c34-23-20-11-49-55(47)53-27-21(52-31(24(27)35)42-22(44)9-10-37-33(42)46)12-50-56(48,54-28(23)32(51-20)41-15-40-25-29(36)38-14-39-30(25)41)57-13-16-1-3-17(4-2-16)26(45)18-5-7-19(43)8-6-18/h1-10,14-15,20-21,23-24,27-28,31-32H,11-13H2,(H3-,36,37,38,39,43,44,45,46)/p+1/t20-,21-,23-,24-,27-,28-,31?,32?,56?/m1/s1. The first kappa shape index (κ1) is 39.1. The number of carbonyl (C=O) groups is 1. The first-order valence-corrected chi connectivity index (χ1v) is 21.2. The molecule has 2 bridgehead atoms. The number of anilines is 1. The van der Waals surface area contributed by atoms with Crippen molar-refractivity contribution in [2.75, 3.05) is 18.9 Å². The van der Waals surface area contributed by atoms with E-state index in [1.165, 1.54) is 47.3 Å². The molecule has 3 saturated heterocycles. The number of carbonyl (C=O) groups excluding carboxylic acids is 1. The Morgan fingerprint density at radius 3 is 2.42 bits per heavy atom. The van der Waals surface area contributed by atoms with Crippen LogP contribution in [-0.4, -0.2) is 89.9 Å². The third-order valence-corrected chi connectivity index (χ3v) is 13.7. The van der Waals surface area contributed by atoms with Gasteiger partial charge in [-0.2, -0.15) is 0 Å². The van der Waals surface area contributed by atoms with E-state index in [0.717, 1.165) is 18.6 Å². The van der Waals surface area contributed by atoms with Crippen LogP contribution >= 0.6 is 26.4 Å². The Bertz CT molecular complexity index is 2470. The van der Waals surface area contributed by atoms with E-state index in [0.29, 0.717) is 32.6 Å². The maximum Gasteiger partial charge on any atom is 0.697 e. The van der Waals surface area contributed by atoms with Gasteiger partial charge in [-0.05, 0) is 41.2 Å². The Morgan fingerprint density at radius 1 is 0.965 bits per heavy atom. The number of phenols is 1. The number of imidazole rings is 1. The lowest BCUT2D eigenvalue weighted by atomic mass is 10.0. The van der Waals surface area contributed by atoms with Gasteiger partial charge < -0.3 is 25.3 Å². The predicted octanol–water partition coefficient (Wildman–Crippen LogP) is 3.88. The van der Waals surface area contributed by atoms with Gasteiger partial charge in [0.1, 0.15) is 42.5 Å². The third-order valence-electron chi connectivity index (χ3n) is 9.27. The molecule has 0 spiro atoms. The molecule has 8 rings (SSSR count). The van der Waals surface area contributed by atoms with Crippen molar-refractivity contribution in [2.24, 2.45) is 0 Å². The van der Waals surface area contributed by atoms with E-state index >= 15 is 8.78 Å². The summed E-state index contributed by atoms with van der Waals surface area (Å²) in [5, 5.41) is 9.57. The number of ether oxygens (including phenoxy) is 2. The molecule has 5 aromatic rings. The van der Waals surface area contributed by atoms with Crippen molar-refractivity contribution in [3.63, 3.8) is 0 Å². The zero-order valence-electron chi connectivity index (χ0n) is 29.0. The van der Waals surface area contributed by atoms with Gasteiger partial charge in [-0.15, -0.1) is 9.05 Å². The largest absolute Gasteiger partial charge is 0.697 e. The normalized spacial score (nSPS) is 30.0. The summed E-state index contributed by atoms with van der Waals surface area (Å²) >= 11 is 0.620. The minimum absolute atomic E-state index is 0.000220. The van der Waals surface area contributed by atoms with Crippen molar-refractivity contribution in [2.45, 2.75) is 55.0 Å². The average molecular weight is 849 g/mol. The molecule has 0 aliphatic carbocycles. The molecule has 57 heavy (non-hydrogen) atoms. The smallest absolute Gasteiger partial charge is 0.508 e. The van der Waals surface area contributed by atoms with Crippen molar-refractivity contribution in [3.8, 4) is 5.75 Å². The fourth-order valence-corrected chi connectivity index (χ4v) is 10.6. The average Bonchev–Trinajstić information content (AvgIpc) is 3.86. The molecule has 4 unspecified atom stereocenters. The van der Waals surface area contributed by atoms with Crippen LogP contribution in [0.4, 0.5) is 14.6 Å². The van der Waals surface area contributed by atoms with Crippen LogP contribution in [0.3, 0.4) is 0 Å². The monoisotopic (exact) mass is 848 g/mol. The van der Waals surface area contributed by atoms with Crippen LogP contribution < -0.4 is 17.0 Å². The molecular weight excluding hydrogens is 818 g/mol. The second-order valence-electron chi connectivity index (χ2n) is 12.8. The number of aromatic hydroxyl groups is 1. The molecule has 3 aliphatic heterocycles. The quantitative estimate of drug-likeness (QED) is 0.155. The first-order chi connectivity index (χ1) is 27.4. The van der Waals surface area contributed by atoms with Gasteiger partial charge in [-0.3, -0.25) is 23.2 Å². The van der Waals surface area contributed by atoms with E-state index in [2.05, 4.69) is 19.9 Å². The van der Waals surface area contributed by atoms with Crippen LogP contribution in [0.15, 0.2) is 83.0 Å². The van der Waals surface area contributed by atoms with Crippen molar-refractivity contribution >= 4 is 49.2 Å². The number of nitrogens with zero attached hydrogens (tertiary/aromatic N) is 5. The second kappa shape index (κ2) is 15.9. The molecule has 2 aromatic carbocycles. The third kappa shape index (κ3) is 7.80. The van der Waals surface area contributed by atoms with Crippen LogP contribution in [0.2, 0.25) is 0 Å². The number of fused-ring (bicyclic) bond motifs is 4. The number of aromatic amines is 1. The van der Waals surface area contributed by atoms with Gasteiger partial charge in [-0.1, -0.05) is 24.3 Å². The highest BCUT2D eigenvalue weighted by atomic mass is 32.7. The van der Waals surface area contributed by atoms with Crippen LogP contribution in [0.5, 0.6) is 5.75 Å². The van der Waals surface area contributed by atoms with Gasteiger partial charge in [0.2, 0.25) is 0 Å². The predicted molar refractivity (Wildman–Crippen MR) is 195 cm³/mol. The molecule has 19 nitrogen and oxygen atoms in total. The van der Waals surface area contributed by atoms with Gasteiger partial charge >= 0.3 is 20.7 Å². The fourth-order valence-electron chi connectivity index (χ4n) is 6.42. The van der Waals surface area contributed by atoms with Crippen LogP contribution in [0.25, 0.3) is 11.2 Å². The second-order valence-corrected chi connectivity index (χ2v) is 17.8. The lowest BCUT2D eigenvalue weighted by Gasteiger charge is -2.27. The number of H-pyrrole nitrogens is 1. The summed E-state index contributed by atoms with van der Waals surface area (Å²) < 4.78 is 96.4. The number of benzene rings is 2. The number of phenolic OH excluding ortho intramolecular Hbond substituents is 1. The van der Waals surface area contributed by atoms with E-state index < -0.39 is 88.7 Å². The first-order valence-electron chi connectivity index (χ1n) is 17.0. The minimum Gasteiger partial charge on any atom is -0.508 e. The topological polar surface area (TPSA) is 251 Å². The van der Waals surface area contributed by atoms with Crippen molar-refractivity contribution in [3.05, 3.63) is 111 Å². The number of nitrogen functional groups attached to an aromatic ring is 1. The van der Waals surface area contributed by atoms with Crippen molar-refractivity contribution in [1.82, 2.24) is 29.1 Å². The molecule has 10 atom stereocenters. The number of alkyl halides is 2. The van der Waals surface area contributed by atoms with Crippen LogP contribution in [0.1, 0.15) is 33.9 Å². The number of rotatable bonds is 7. The van der Waals surface area contributed by atoms with Crippen molar-refractivity contribution in [1.29, 1.82) is 0 Å². The molecule has 0 saturated carbocycles. The Labute approximate surface area is 323 Å². The number of hydrogen-bond acceptors (Lipinski definition) is 17. The molecule has 0 radical (unpaired) electrons. The molecule has 0 amide bonds. The molecule has 298 valence electrons. The van der Waals surface area contributed by atoms with E-state index in [4.69, 9.17) is 33.3 Å². The molecule has 3 aromatic heterocycles. The van der Waals surface area contributed by atoms with Gasteiger partial charge in [-0.25, -0.2) is 37.7 Å². The lowest BCUT2D eigenvalue weighted by molar-refractivity contribution is -0.0576. The number of nitrogens with two attached hydrogens (primary N) is 1. The maximum atomic E-state index is 16.4. The number of nitrogens with one attached hydrogen (secondary N) is 1. The summed E-state index contributed by atoms with van der Waals surface area (Å²) in [5.74, 6) is -0.398. The number of hydrogen-bond donors (Lipinski definition) is 3. The highest BCUT2D eigenvalue weighted by Gasteiger charge is 2.56. The van der Waals surface area contributed by atoms with Crippen LogP contribution in [-0.2, 0) is 42.5 Å². The lowest BCUT2D eigenvalue weighted by Crippen LogP contribution is -2.41. The Balaban J connectivity index is 1.11. The summed E-state index contributed by atoms with van der Waals surface area (Å²) in [6.45, 7) is -6.13. The molecule has 24 heteroatoms. The Hall–Kier alpha value is -4.76. The highest BCUT2D eigenvalue weighted by molar-refractivity contribution is 8.54. The molecule has 4 N–H and O–H groups in total. The van der Waals surface area contributed by atoms with Gasteiger partial charge in [0.05, 0.1) is 12.9 Å². The summed E-state index contributed by atoms with van der Waals surface area (Å²) in [6, 6.07) is 12.9. The maximum absolute atomic E-state index is 16.4. The van der Waals surface area contributed by atoms with Gasteiger partial charge in [0.25, 0.3) is 5.56 Å². The van der Waals surface area contributed by atoms with E-state index in [9.17, 15) is 28.6 Å². The summed E-state index contributed by atoms with van der Waals surface area (Å²) in [6.07, 6.45) is -10.9. The number of aromatic nitrogens is 6. The Morgan fingerprint density at radius 2 is 1.68 bits per heavy atom. The molecule has 3 aliphatic rings. The number of ketones is 1. The zero-order chi connectivity index (χ0) is 40.0. The zero-order valence-corrected chi connectivity index (χ0v) is 31.6. The van der Waals surface area contributed by atoms with Crippen molar-refractivity contribution < 1.29 is 55.4 Å². The molecule has 3 fully saturated rings. The molecular formula is C33H30F2N7O12P2S+.